The first kappa shape index (κ1) is 14.7. The van der Waals surface area contributed by atoms with Gasteiger partial charge in [0.2, 0.25) is 0 Å². The summed E-state index contributed by atoms with van der Waals surface area (Å²) >= 11 is 0. The largest absolute Gasteiger partial charge is 0.373 e. The maximum Gasteiger partial charge on any atom is 0.0721 e. The van der Waals surface area contributed by atoms with E-state index >= 15 is 0 Å². The van der Waals surface area contributed by atoms with Gasteiger partial charge in [0, 0.05) is 44.5 Å². The van der Waals surface area contributed by atoms with Crippen LogP contribution in [-0.2, 0) is 11.3 Å². The van der Waals surface area contributed by atoms with Gasteiger partial charge in [-0.15, -0.1) is 6.58 Å². The van der Waals surface area contributed by atoms with Gasteiger partial charge in [-0.1, -0.05) is 12.1 Å². The molecule has 2 aliphatic rings. The smallest absolute Gasteiger partial charge is 0.0721 e. The van der Waals surface area contributed by atoms with Gasteiger partial charge in [0.15, 0.2) is 0 Å². The number of hydrogen-bond acceptors (Lipinski definition) is 4. The summed E-state index contributed by atoms with van der Waals surface area (Å²) < 4.78 is 5.82. The maximum atomic E-state index is 5.82. The molecule has 2 atom stereocenters. The van der Waals surface area contributed by atoms with Crippen molar-refractivity contribution < 1.29 is 4.74 Å². The van der Waals surface area contributed by atoms with Gasteiger partial charge < -0.3 is 4.74 Å². The molecule has 0 amide bonds. The van der Waals surface area contributed by atoms with E-state index in [1.807, 2.05) is 6.08 Å². The molecule has 114 valence electrons. The van der Waals surface area contributed by atoms with E-state index in [0.717, 1.165) is 44.8 Å². The minimum atomic E-state index is 0.380. The van der Waals surface area contributed by atoms with E-state index in [-0.39, 0.29) is 0 Å². The van der Waals surface area contributed by atoms with E-state index in [1.165, 1.54) is 5.69 Å². The summed E-state index contributed by atoms with van der Waals surface area (Å²) in [4.78, 5) is 9.72. The highest BCUT2D eigenvalue weighted by Gasteiger charge is 2.36. The summed E-state index contributed by atoms with van der Waals surface area (Å²) in [5.74, 6) is 0. The lowest BCUT2D eigenvalue weighted by Gasteiger charge is -2.37. The summed E-state index contributed by atoms with van der Waals surface area (Å²) in [7, 11) is 0. The molecule has 1 aromatic rings. The van der Waals surface area contributed by atoms with Gasteiger partial charge in [-0.3, -0.25) is 14.8 Å². The fourth-order valence-electron chi connectivity index (χ4n) is 3.45. The Hall–Kier alpha value is -1.23. The molecule has 0 spiro atoms. The minimum absolute atomic E-state index is 0.380. The predicted molar refractivity (Wildman–Crippen MR) is 84.2 cm³/mol. The average molecular weight is 287 g/mol. The van der Waals surface area contributed by atoms with Crippen molar-refractivity contribution in [2.45, 2.75) is 32.0 Å². The highest BCUT2D eigenvalue weighted by atomic mass is 16.5. The van der Waals surface area contributed by atoms with Crippen molar-refractivity contribution in [1.82, 2.24) is 14.8 Å². The standard InChI is InChI=1S/C17H25N3O/c1-3-9-21-17-10-16-12-19(7-8-20(16)13-17)11-15-6-4-5-14(2)18-15/h3-6,16-17H,1,7-13H2,2H3/t16-,17+/m0/s1. The van der Waals surface area contributed by atoms with Gasteiger partial charge in [0.1, 0.15) is 0 Å². The third-order valence-corrected chi connectivity index (χ3v) is 4.44. The van der Waals surface area contributed by atoms with Crippen molar-refractivity contribution >= 4 is 0 Å². The third kappa shape index (κ3) is 3.70. The molecule has 0 saturated carbocycles. The zero-order valence-electron chi connectivity index (χ0n) is 12.9. The molecule has 0 N–H and O–H groups in total. The summed E-state index contributed by atoms with van der Waals surface area (Å²) in [6.45, 7) is 11.9. The molecule has 0 aliphatic carbocycles. The van der Waals surface area contributed by atoms with Crippen LogP contribution < -0.4 is 0 Å². The first-order chi connectivity index (χ1) is 10.2. The van der Waals surface area contributed by atoms with E-state index in [0.29, 0.717) is 18.8 Å². The van der Waals surface area contributed by atoms with E-state index in [1.54, 1.807) is 0 Å². The van der Waals surface area contributed by atoms with E-state index < -0.39 is 0 Å². The molecule has 1 aromatic heterocycles. The Morgan fingerprint density at radius 2 is 2.29 bits per heavy atom. The van der Waals surface area contributed by atoms with Crippen molar-refractivity contribution in [1.29, 1.82) is 0 Å². The lowest BCUT2D eigenvalue weighted by atomic mass is 10.1. The molecular weight excluding hydrogens is 262 g/mol. The number of fused-ring (bicyclic) bond motifs is 1. The van der Waals surface area contributed by atoms with Gasteiger partial charge in [-0.25, -0.2) is 0 Å². The zero-order chi connectivity index (χ0) is 14.7. The molecule has 4 heteroatoms. The van der Waals surface area contributed by atoms with E-state index in [4.69, 9.17) is 4.74 Å². The van der Waals surface area contributed by atoms with Crippen LogP contribution in [0, 0.1) is 6.92 Å². The van der Waals surface area contributed by atoms with Crippen molar-refractivity contribution in [3.8, 4) is 0 Å². The molecule has 2 fully saturated rings. The Balaban J connectivity index is 1.54. The van der Waals surface area contributed by atoms with Gasteiger partial charge in [0.05, 0.1) is 18.4 Å². The molecule has 2 saturated heterocycles. The van der Waals surface area contributed by atoms with Crippen molar-refractivity contribution in [3.63, 3.8) is 0 Å². The SMILES string of the molecule is C=CCO[C@@H]1C[C@H]2CN(Cc3cccc(C)n3)CCN2C1. The van der Waals surface area contributed by atoms with E-state index in [2.05, 4.69) is 46.5 Å². The quantitative estimate of drug-likeness (QED) is 0.773. The van der Waals surface area contributed by atoms with Crippen LogP contribution in [0.2, 0.25) is 0 Å². The number of piperazine rings is 1. The van der Waals surface area contributed by atoms with Crippen LogP contribution in [0.1, 0.15) is 17.8 Å². The molecule has 0 unspecified atom stereocenters. The second kappa shape index (κ2) is 6.69. The monoisotopic (exact) mass is 287 g/mol. The first-order valence-corrected chi connectivity index (χ1v) is 7.86. The highest BCUT2D eigenvalue weighted by Crippen LogP contribution is 2.24. The number of ether oxygens (including phenoxy) is 1. The Morgan fingerprint density at radius 1 is 1.38 bits per heavy atom. The van der Waals surface area contributed by atoms with Gasteiger partial charge in [-0.2, -0.15) is 0 Å². The number of pyridine rings is 1. The van der Waals surface area contributed by atoms with Crippen LogP contribution in [0.15, 0.2) is 30.9 Å². The Labute approximate surface area is 127 Å². The number of rotatable bonds is 5. The van der Waals surface area contributed by atoms with Crippen LogP contribution in [0.5, 0.6) is 0 Å². The fourth-order valence-corrected chi connectivity index (χ4v) is 3.45. The lowest BCUT2D eigenvalue weighted by Crippen LogP contribution is -2.49. The maximum absolute atomic E-state index is 5.82. The Morgan fingerprint density at radius 3 is 3.10 bits per heavy atom. The second-order valence-corrected chi connectivity index (χ2v) is 6.13. The molecular formula is C17H25N3O. The van der Waals surface area contributed by atoms with Crippen molar-refractivity contribution in [2.24, 2.45) is 0 Å². The molecule has 21 heavy (non-hydrogen) atoms. The molecule has 0 radical (unpaired) electrons. The predicted octanol–water partition coefficient (Wildman–Crippen LogP) is 1.85. The molecule has 0 bridgehead atoms. The molecule has 4 nitrogen and oxygen atoms in total. The van der Waals surface area contributed by atoms with Crippen LogP contribution >= 0.6 is 0 Å². The molecule has 2 aliphatic heterocycles. The first-order valence-electron chi connectivity index (χ1n) is 7.86. The fraction of sp³-hybridized carbons (Fsp3) is 0.588. The van der Waals surface area contributed by atoms with Crippen molar-refractivity contribution in [3.05, 3.63) is 42.2 Å². The molecule has 3 heterocycles. The molecule has 3 rings (SSSR count). The number of hydrogen-bond donors (Lipinski definition) is 0. The van der Waals surface area contributed by atoms with Gasteiger partial charge in [0.25, 0.3) is 0 Å². The number of aryl methyl sites for hydroxylation is 1. The summed E-state index contributed by atoms with van der Waals surface area (Å²) in [6, 6.07) is 6.92. The van der Waals surface area contributed by atoms with E-state index in [9.17, 15) is 0 Å². The Bertz CT molecular complexity index is 491. The normalized spacial score (nSPS) is 26.7. The minimum Gasteiger partial charge on any atom is -0.373 e. The summed E-state index contributed by atoms with van der Waals surface area (Å²) in [6.07, 6.45) is 3.36. The zero-order valence-corrected chi connectivity index (χ0v) is 12.9. The lowest BCUT2D eigenvalue weighted by molar-refractivity contribution is 0.0757. The topological polar surface area (TPSA) is 28.6 Å². The highest BCUT2D eigenvalue weighted by molar-refractivity contribution is 5.10. The van der Waals surface area contributed by atoms with Crippen LogP contribution in [0.4, 0.5) is 0 Å². The summed E-state index contributed by atoms with van der Waals surface area (Å²) in [5.41, 5.74) is 2.28. The van der Waals surface area contributed by atoms with Gasteiger partial charge in [-0.05, 0) is 25.5 Å². The van der Waals surface area contributed by atoms with Crippen LogP contribution in [0.25, 0.3) is 0 Å². The average Bonchev–Trinajstić information content (AvgIpc) is 2.87. The van der Waals surface area contributed by atoms with Crippen molar-refractivity contribution in [2.75, 3.05) is 32.8 Å². The van der Waals surface area contributed by atoms with Gasteiger partial charge >= 0.3 is 0 Å². The second-order valence-electron chi connectivity index (χ2n) is 6.13. The number of nitrogens with zero attached hydrogens (tertiary/aromatic N) is 3. The third-order valence-electron chi connectivity index (χ3n) is 4.44. The number of aromatic nitrogens is 1. The molecule has 0 aromatic carbocycles. The van der Waals surface area contributed by atoms with Crippen LogP contribution in [0.3, 0.4) is 0 Å². The summed E-state index contributed by atoms with van der Waals surface area (Å²) in [5, 5.41) is 0. The van der Waals surface area contributed by atoms with Crippen LogP contribution in [-0.4, -0.2) is 59.7 Å². The Kier molecular flexibility index (Phi) is 4.68.